The summed E-state index contributed by atoms with van der Waals surface area (Å²) < 4.78 is 0. The van der Waals surface area contributed by atoms with Crippen molar-refractivity contribution in [1.82, 2.24) is 0 Å². The first-order valence-corrected chi connectivity index (χ1v) is 10.2. The van der Waals surface area contributed by atoms with Crippen molar-refractivity contribution in [2.45, 2.75) is 12.5 Å². The zero-order valence-corrected chi connectivity index (χ0v) is 17.3. The van der Waals surface area contributed by atoms with Crippen LogP contribution >= 0.6 is 34.8 Å². The van der Waals surface area contributed by atoms with Gasteiger partial charge in [-0.25, -0.2) is 4.90 Å². The molecule has 2 aliphatic heterocycles. The van der Waals surface area contributed by atoms with Crippen LogP contribution in [0, 0.1) is 0 Å². The predicted molar refractivity (Wildman–Crippen MR) is 112 cm³/mol. The molecular weight excluding hydrogens is 421 g/mol. The molecule has 2 aliphatic rings. The van der Waals surface area contributed by atoms with E-state index in [-0.39, 0.29) is 24.3 Å². The number of nitrogens with one attached hydrogen (secondary N) is 1. The van der Waals surface area contributed by atoms with Crippen LogP contribution in [0.3, 0.4) is 0 Å². The molecule has 2 saturated heterocycles. The quantitative estimate of drug-likeness (QED) is 0.748. The number of imide groups is 1. The number of carbonyl (C=O) groups excluding carboxylic acids is 2. The number of carbonyl (C=O) groups is 2. The highest BCUT2D eigenvalue weighted by Crippen LogP contribution is 2.29. The van der Waals surface area contributed by atoms with Crippen molar-refractivity contribution in [3.05, 3.63) is 57.5 Å². The molecule has 8 heteroatoms. The minimum atomic E-state index is -0.376. The van der Waals surface area contributed by atoms with Crippen molar-refractivity contribution in [2.24, 2.45) is 0 Å². The van der Waals surface area contributed by atoms with Crippen molar-refractivity contribution < 1.29 is 14.5 Å². The van der Waals surface area contributed by atoms with E-state index in [1.807, 2.05) is 24.3 Å². The largest absolute Gasteiger partial charge is 0.359 e. The van der Waals surface area contributed by atoms with Crippen LogP contribution in [0.1, 0.15) is 6.42 Å². The number of halogens is 3. The second kappa shape index (κ2) is 7.91. The fourth-order valence-corrected chi connectivity index (χ4v) is 4.75. The highest BCUT2D eigenvalue weighted by atomic mass is 35.5. The smallest absolute Gasteiger partial charge is 0.292 e. The van der Waals surface area contributed by atoms with Gasteiger partial charge in [0.05, 0.1) is 49.0 Å². The molecule has 0 saturated carbocycles. The molecular formula is C20H19Cl3N3O2+. The third-order valence-corrected chi connectivity index (χ3v) is 6.10. The highest BCUT2D eigenvalue weighted by Gasteiger charge is 2.46. The van der Waals surface area contributed by atoms with Crippen molar-refractivity contribution in [2.75, 3.05) is 36.0 Å². The lowest BCUT2D eigenvalue weighted by molar-refractivity contribution is -0.915. The molecule has 2 aromatic carbocycles. The Bertz CT molecular complexity index is 908. The lowest BCUT2D eigenvalue weighted by Gasteiger charge is -2.36. The van der Waals surface area contributed by atoms with Gasteiger partial charge in [-0.15, -0.1) is 0 Å². The highest BCUT2D eigenvalue weighted by molar-refractivity contribution is 6.35. The van der Waals surface area contributed by atoms with Crippen molar-refractivity contribution in [3.63, 3.8) is 0 Å². The van der Waals surface area contributed by atoms with Crippen LogP contribution in [0.4, 0.5) is 11.4 Å². The van der Waals surface area contributed by atoms with E-state index in [1.54, 1.807) is 18.2 Å². The standard InChI is InChI=1S/C20H18Cl3N3O2/c21-13-9-14(22)11-15(10-13)26-19(27)12-18(20(26)28)25-7-5-24(6-8-25)17-4-2-1-3-16(17)23/h1-4,9-11,18H,5-8,12H2/p+1/t18-/m0/s1. The van der Waals surface area contributed by atoms with Gasteiger partial charge < -0.3 is 9.80 Å². The fourth-order valence-electron chi connectivity index (χ4n) is 3.98. The molecule has 0 unspecified atom stereocenters. The number of rotatable bonds is 3. The van der Waals surface area contributed by atoms with Gasteiger partial charge in [-0.3, -0.25) is 9.59 Å². The molecule has 0 bridgehead atoms. The van der Waals surface area contributed by atoms with Gasteiger partial charge in [0.2, 0.25) is 5.91 Å². The predicted octanol–water partition coefficient (Wildman–Crippen LogP) is 2.68. The number of anilines is 2. The number of para-hydroxylation sites is 1. The summed E-state index contributed by atoms with van der Waals surface area (Å²) in [6, 6.07) is 12.1. The lowest BCUT2D eigenvalue weighted by atomic mass is 10.1. The Morgan fingerprint density at radius 3 is 2.21 bits per heavy atom. The van der Waals surface area contributed by atoms with E-state index in [1.165, 1.54) is 4.90 Å². The summed E-state index contributed by atoms with van der Waals surface area (Å²) >= 11 is 18.4. The molecule has 1 atom stereocenters. The van der Waals surface area contributed by atoms with Crippen LogP contribution in [0.2, 0.25) is 15.1 Å². The summed E-state index contributed by atoms with van der Waals surface area (Å²) in [7, 11) is 0. The molecule has 0 spiro atoms. The molecule has 0 radical (unpaired) electrons. The summed E-state index contributed by atoms with van der Waals surface area (Å²) in [4.78, 5) is 30.1. The number of quaternary nitrogens is 1. The first kappa shape index (κ1) is 19.5. The second-order valence-electron chi connectivity index (χ2n) is 7.05. The van der Waals surface area contributed by atoms with Crippen LogP contribution in [0.25, 0.3) is 0 Å². The molecule has 4 rings (SSSR count). The monoisotopic (exact) mass is 438 g/mol. The lowest BCUT2D eigenvalue weighted by Crippen LogP contribution is -3.19. The van der Waals surface area contributed by atoms with Gasteiger partial charge in [0.1, 0.15) is 0 Å². The zero-order valence-electron chi connectivity index (χ0n) is 15.0. The molecule has 2 heterocycles. The van der Waals surface area contributed by atoms with Crippen molar-refractivity contribution in [1.29, 1.82) is 0 Å². The molecule has 28 heavy (non-hydrogen) atoms. The maximum absolute atomic E-state index is 13.0. The zero-order chi connectivity index (χ0) is 19.8. The van der Waals surface area contributed by atoms with Crippen LogP contribution < -0.4 is 14.7 Å². The normalized spacial score (nSPS) is 20.9. The van der Waals surface area contributed by atoms with Crippen LogP contribution in [0.15, 0.2) is 42.5 Å². The average Bonchev–Trinajstić information content (AvgIpc) is 2.96. The SMILES string of the molecule is O=C1C[C@H]([NH+]2CCN(c3ccccc3Cl)CC2)C(=O)N1c1cc(Cl)cc(Cl)c1. The number of benzene rings is 2. The average molecular weight is 440 g/mol. The van der Waals surface area contributed by atoms with E-state index in [0.29, 0.717) is 15.7 Å². The molecule has 0 aliphatic carbocycles. The maximum Gasteiger partial charge on any atom is 0.292 e. The van der Waals surface area contributed by atoms with E-state index >= 15 is 0 Å². The molecule has 1 N–H and O–H groups in total. The van der Waals surface area contributed by atoms with Crippen LogP contribution in [-0.2, 0) is 9.59 Å². The van der Waals surface area contributed by atoms with Crippen LogP contribution in [0.5, 0.6) is 0 Å². The van der Waals surface area contributed by atoms with Gasteiger partial charge in [0, 0.05) is 10.0 Å². The van der Waals surface area contributed by atoms with E-state index in [9.17, 15) is 9.59 Å². The number of amides is 2. The van der Waals surface area contributed by atoms with E-state index in [4.69, 9.17) is 34.8 Å². The van der Waals surface area contributed by atoms with Crippen LogP contribution in [-0.4, -0.2) is 44.0 Å². The van der Waals surface area contributed by atoms with Gasteiger partial charge >= 0.3 is 0 Å². The summed E-state index contributed by atoms with van der Waals surface area (Å²) in [6.45, 7) is 3.08. The third kappa shape index (κ3) is 3.72. The molecule has 2 fully saturated rings. The number of hydrogen-bond donors (Lipinski definition) is 1. The third-order valence-electron chi connectivity index (χ3n) is 5.34. The summed E-state index contributed by atoms with van der Waals surface area (Å²) in [5.41, 5.74) is 1.44. The minimum absolute atomic E-state index is 0.190. The molecule has 146 valence electrons. The first-order valence-electron chi connectivity index (χ1n) is 9.11. The summed E-state index contributed by atoms with van der Waals surface area (Å²) in [5, 5.41) is 1.52. The van der Waals surface area contributed by atoms with E-state index in [0.717, 1.165) is 41.8 Å². The van der Waals surface area contributed by atoms with E-state index < -0.39 is 0 Å². The summed E-state index contributed by atoms with van der Waals surface area (Å²) in [6.07, 6.45) is 0.199. The Balaban J connectivity index is 1.47. The van der Waals surface area contributed by atoms with Crippen molar-refractivity contribution >= 4 is 58.0 Å². The van der Waals surface area contributed by atoms with Crippen molar-refractivity contribution in [3.8, 4) is 0 Å². The topological polar surface area (TPSA) is 45.1 Å². The molecule has 5 nitrogen and oxygen atoms in total. The summed E-state index contributed by atoms with van der Waals surface area (Å²) in [5.74, 6) is -0.404. The minimum Gasteiger partial charge on any atom is -0.359 e. The fraction of sp³-hybridized carbons (Fsp3) is 0.300. The van der Waals surface area contributed by atoms with E-state index in [2.05, 4.69) is 4.90 Å². The Morgan fingerprint density at radius 2 is 1.57 bits per heavy atom. The number of nitrogens with zero attached hydrogens (tertiary/aromatic N) is 2. The Hall–Kier alpha value is -1.79. The van der Waals surface area contributed by atoms with Gasteiger partial charge in [-0.05, 0) is 30.3 Å². The molecule has 0 aromatic heterocycles. The molecule has 2 amide bonds. The van der Waals surface area contributed by atoms with Gasteiger partial charge in [0.25, 0.3) is 5.91 Å². The van der Waals surface area contributed by atoms with Gasteiger partial charge in [0.15, 0.2) is 6.04 Å². The number of hydrogen-bond acceptors (Lipinski definition) is 3. The number of piperazine rings is 1. The Labute approximate surface area is 178 Å². The second-order valence-corrected chi connectivity index (χ2v) is 8.33. The van der Waals surface area contributed by atoms with Gasteiger partial charge in [-0.2, -0.15) is 0 Å². The first-order chi connectivity index (χ1) is 13.4. The Morgan fingerprint density at radius 1 is 0.929 bits per heavy atom. The Kier molecular flexibility index (Phi) is 5.52. The maximum atomic E-state index is 13.0. The molecule has 2 aromatic rings. The van der Waals surface area contributed by atoms with Gasteiger partial charge in [-0.1, -0.05) is 46.9 Å².